The normalized spacial score (nSPS) is 12.4. The summed E-state index contributed by atoms with van der Waals surface area (Å²) in [4.78, 5) is 10.1. The van der Waals surface area contributed by atoms with E-state index in [4.69, 9.17) is 16.0 Å². The molecule has 1 aromatic carbocycles. The zero-order chi connectivity index (χ0) is 14.0. The quantitative estimate of drug-likeness (QED) is 0.688. The summed E-state index contributed by atoms with van der Waals surface area (Å²) in [6.45, 7) is 1.67. The van der Waals surface area contributed by atoms with Crippen LogP contribution in [0.3, 0.4) is 0 Å². The van der Waals surface area contributed by atoms with E-state index in [2.05, 4.69) is 0 Å². The monoisotopic (exact) mass is 281 g/mol. The van der Waals surface area contributed by atoms with E-state index in [0.29, 0.717) is 23.5 Å². The van der Waals surface area contributed by atoms with Crippen LogP contribution in [0.5, 0.6) is 0 Å². The molecule has 0 bridgehead atoms. The lowest BCUT2D eigenvalue weighted by Gasteiger charge is -2.01. The number of hydrogen-bond acceptors (Lipinski definition) is 4. The summed E-state index contributed by atoms with van der Waals surface area (Å²) in [5.74, 6) is 1.21. The third kappa shape index (κ3) is 3.13. The second-order valence-electron chi connectivity index (χ2n) is 4.24. The van der Waals surface area contributed by atoms with Crippen LogP contribution in [0.4, 0.5) is 5.69 Å². The van der Waals surface area contributed by atoms with Gasteiger partial charge < -0.3 is 9.52 Å². The van der Waals surface area contributed by atoms with E-state index in [1.807, 2.05) is 0 Å². The Morgan fingerprint density at radius 2 is 2.16 bits per heavy atom. The molecule has 0 fully saturated rings. The van der Waals surface area contributed by atoms with Crippen molar-refractivity contribution < 1.29 is 14.4 Å². The Bertz CT molecular complexity index is 606. The Hall–Kier alpha value is -1.85. The highest BCUT2D eigenvalue weighted by Gasteiger charge is 2.14. The minimum Gasteiger partial charge on any atom is -0.461 e. The lowest BCUT2D eigenvalue weighted by atomic mass is 10.1. The second kappa shape index (κ2) is 5.42. The van der Waals surface area contributed by atoms with Gasteiger partial charge in [0.05, 0.1) is 11.0 Å². The van der Waals surface area contributed by atoms with Crippen molar-refractivity contribution in [3.05, 3.63) is 51.2 Å². The van der Waals surface area contributed by atoms with Gasteiger partial charge in [0, 0.05) is 18.1 Å². The number of rotatable bonds is 4. The molecule has 2 aromatic rings. The van der Waals surface area contributed by atoms with Gasteiger partial charge in [-0.2, -0.15) is 0 Å². The SMILES string of the molecule is CC(O)Cc1ccc(-c2ccc([N+](=O)[O-])c(Cl)c2)o1. The molecular weight excluding hydrogens is 270 g/mol. The number of halogens is 1. The highest BCUT2D eigenvalue weighted by molar-refractivity contribution is 6.32. The van der Waals surface area contributed by atoms with Crippen molar-refractivity contribution >= 4 is 17.3 Å². The first kappa shape index (κ1) is 13.6. The fourth-order valence-corrected chi connectivity index (χ4v) is 1.99. The number of nitro groups is 1. The molecule has 5 nitrogen and oxygen atoms in total. The van der Waals surface area contributed by atoms with Crippen molar-refractivity contribution in [2.24, 2.45) is 0 Å². The van der Waals surface area contributed by atoms with Crippen LogP contribution in [-0.2, 0) is 6.42 Å². The molecule has 1 heterocycles. The molecule has 0 radical (unpaired) electrons. The largest absolute Gasteiger partial charge is 0.461 e. The third-order valence-electron chi connectivity index (χ3n) is 2.59. The maximum Gasteiger partial charge on any atom is 0.287 e. The number of benzene rings is 1. The van der Waals surface area contributed by atoms with E-state index in [1.54, 1.807) is 25.1 Å². The molecule has 0 aliphatic carbocycles. The number of furan rings is 1. The van der Waals surface area contributed by atoms with Gasteiger partial charge in [0.25, 0.3) is 5.69 Å². The molecule has 100 valence electrons. The summed E-state index contributed by atoms with van der Waals surface area (Å²) >= 11 is 5.84. The average Bonchev–Trinajstić information content (AvgIpc) is 2.75. The third-order valence-corrected chi connectivity index (χ3v) is 2.89. The highest BCUT2D eigenvalue weighted by Crippen LogP contribution is 2.31. The van der Waals surface area contributed by atoms with E-state index in [0.717, 1.165) is 0 Å². The van der Waals surface area contributed by atoms with Crippen LogP contribution in [0.1, 0.15) is 12.7 Å². The molecule has 1 N–H and O–H groups in total. The molecule has 6 heteroatoms. The Balaban J connectivity index is 2.29. The molecule has 0 aliphatic heterocycles. The van der Waals surface area contributed by atoms with Crippen molar-refractivity contribution in [1.29, 1.82) is 0 Å². The molecular formula is C13H12ClNO4. The van der Waals surface area contributed by atoms with Gasteiger partial charge in [-0.3, -0.25) is 10.1 Å². The summed E-state index contributed by atoms with van der Waals surface area (Å²) in [7, 11) is 0. The Morgan fingerprint density at radius 1 is 1.42 bits per heavy atom. The minimum atomic E-state index is -0.535. The molecule has 0 saturated heterocycles. The van der Waals surface area contributed by atoms with E-state index in [9.17, 15) is 15.2 Å². The van der Waals surface area contributed by atoms with Crippen LogP contribution in [0.2, 0.25) is 5.02 Å². The van der Waals surface area contributed by atoms with Crippen LogP contribution >= 0.6 is 11.6 Å². The van der Waals surface area contributed by atoms with Crippen LogP contribution in [0.15, 0.2) is 34.7 Å². The Labute approximate surface area is 114 Å². The first-order valence-electron chi connectivity index (χ1n) is 5.68. The molecule has 0 aliphatic rings. The van der Waals surface area contributed by atoms with Gasteiger partial charge in [0.15, 0.2) is 0 Å². The maximum absolute atomic E-state index is 10.7. The number of aliphatic hydroxyl groups excluding tert-OH is 1. The van der Waals surface area contributed by atoms with Gasteiger partial charge in [-0.1, -0.05) is 11.6 Å². The average molecular weight is 282 g/mol. The summed E-state index contributed by atoms with van der Waals surface area (Å²) in [5.41, 5.74) is 0.522. The highest BCUT2D eigenvalue weighted by atomic mass is 35.5. The molecule has 1 unspecified atom stereocenters. The molecule has 19 heavy (non-hydrogen) atoms. The van der Waals surface area contributed by atoms with Gasteiger partial charge in [0.2, 0.25) is 0 Å². The van der Waals surface area contributed by atoms with Crippen molar-refractivity contribution in [3.8, 4) is 11.3 Å². The second-order valence-corrected chi connectivity index (χ2v) is 4.65. The molecule has 0 amide bonds. The van der Waals surface area contributed by atoms with Crippen molar-refractivity contribution in [3.63, 3.8) is 0 Å². The van der Waals surface area contributed by atoms with Gasteiger partial charge in [0.1, 0.15) is 16.5 Å². The van der Waals surface area contributed by atoms with E-state index < -0.39 is 11.0 Å². The summed E-state index contributed by atoms with van der Waals surface area (Å²) < 4.78 is 5.55. The molecule has 2 rings (SSSR count). The minimum absolute atomic E-state index is 0.0657. The number of hydrogen-bond donors (Lipinski definition) is 1. The van der Waals surface area contributed by atoms with Gasteiger partial charge in [-0.15, -0.1) is 0 Å². The zero-order valence-corrected chi connectivity index (χ0v) is 10.9. The first-order valence-corrected chi connectivity index (χ1v) is 6.06. The van der Waals surface area contributed by atoms with Crippen molar-refractivity contribution in [2.75, 3.05) is 0 Å². The molecule has 0 saturated carbocycles. The van der Waals surface area contributed by atoms with E-state index in [-0.39, 0.29) is 10.7 Å². The summed E-state index contributed by atoms with van der Waals surface area (Å²) in [6, 6.07) is 7.92. The Kier molecular flexibility index (Phi) is 3.87. The van der Waals surface area contributed by atoms with E-state index in [1.165, 1.54) is 12.1 Å². The van der Waals surface area contributed by atoms with Gasteiger partial charge in [-0.05, 0) is 31.2 Å². The van der Waals surface area contributed by atoms with Crippen LogP contribution in [-0.4, -0.2) is 16.1 Å². The van der Waals surface area contributed by atoms with Crippen LogP contribution in [0.25, 0.3) is 11.3 Å². The standard InChI is InChI=1S/C13H12ClNO4/c1-8(16)6-10-3-5-13(19-10)9-2-4-12(15(17)18)11(14)7-9/h2-5,7-8,16H,6H2,1H3. The van der Waals surface area contributed by atoms with Gasteiger partial charge >= 0.3 is 0 Å². The summed E-state index contributed by atoms with van der Waals surface area (Å²) in [5, 5.41) is 20.0. The fourth-order valence-electron chi connectivity index (χ4n) is 1.74. The van der Waals surface area contributed by atoms with E-state index >= 15 is 0 Å². The maximum atomic E-state index is 10.7. The fraction of sp³-hybridized carbons (Fsp3) is 0.231. The summed E-state index contributed by atoms with van der Waals surface area (Å²) in [6.07, 6.45) is -0.0692. The predicted octanol–water partition coefficient (Wildman–Crippen LogP) is 3.43. The zero-order valence-electron chi connectivity index (χ0n) is 10.2. The predicted molar refractivity (Wildman–Crippen MR) is 71.2 cm³/mol. The smallest absolute Gasteiger partial charge is 0.287 e. The number of nitrogens with zero attached hydrogens (tertiary/aromatic N) is 1. The lowest BCUT2D eigenvalue weighted by Crippen LogP contribution is -2.02. The van der Waals surface area contributed by atoms with Gasteiger partial charge in [-0.25, -0.2) is 0 Å². The lowest BCUT2D eigenvalue weighted by molar-refractivity contribution is -0.384. The van der Waals surface area contributed by atoms with Crippen molar-refractivity contribution in [1.82, 2.24) is 0 Å². The number of nitro benzene ring substituents is 1. The van der Waals surface area contributed by atoms with Crippen LogP contribution in [0, 0.1) is 10.1 Å². The number of aliphatic hydroxyl groups is 1. The topological polar surface area (TPSA) is 76.5 Å². The Morgan fingerprint density at radius 3 is 2.74 bits per heavy atom. The van der Waals surface area contributed by atoms with Crippen LogP contribution < -0.4 is 0 Å². The molecule has 1 aromatic heterocycles. The molecule has 1 atom stereocenters. The van der Waals surface area contributed by atoms with Crippen molar-refractivity contribution in [2.45, 2.75) is 19.4 Å². The molecule has 0 spiro atoms. The first-order chi connectivity index (χ1) is 8.97.